The molecule has 0 aromatic carbocycles. The van der Waals surface area contributed by atoms with Crippen LogP contribution in [0.5, 0.6) is 0 Å². The first kappa shape index (κ1) is 15.8. The second-order valence-electron chi connectivity index (χ2n) is 5.09. The molecule has 22 heavy (non-hydrogen) atoms. The molecule has 2 heterocycles. The maximum Gasteiger partial charge on any atom is 0.249 e. The summed E-state index contributed by atoms with van der Waals surface area (Å²) in [6, 6.07) is 4.90. The van der Waals surface area contributed by atoms with Crippen molar-refractivity contribution in [2.75, 3.05) is 0 Å². The van der Waals surface area contributed by atoms with E-state index in [9.17, 15) is 9.59 Å². The Morgan fingerprint density at radius 2 is 1.86 bits per heavy atom. The minimum atomic E-state index is -0.530. The van der Waals surface area contributed by atoms with Crippen LogP contribution in [-0.2, 0) is 12.8 Å². The fourth-order valence-electron chi connectivity index (χ4n) is 2.32. The quantitative estimate of drug-likeness (QED) is 0.795. The lowest BCUT2D eigenvalue weighted by Gasteiger charge is -2.11. The molecule has 0 unspecified atom stereocenters. The number of rotatable bonds is 7. The third-order valence-electron chi connectivity index (χ3n) is 3.52. The lowest BCUT2D eigenvalue weighted by atomic mass is 9.95. The Kier molecular flexibility index (Phi) is 5.36. The van der Waals surface area contributed by atoms with Crippen molar-refractivity contribution in [1.82, 2.24) is 9.97 Å². The Morgan fingerprint density at radius 3 is 2.50 bits per heavy atom. The maximum atomic E-state index is 12.4. The molecule has 2 N–H and O–H groups in total. The van der Waals surface area contributed by atoms with Crippen LogP contribution in [0.25, 0.3) is 0 Å². The molecule has 114 valence electrons. The first-order chi connectivity index (χ1) is 10.6. The van der Waals surface area contributed by atoms with Crippen molar-refractivity contribution < 1.29 is 9.59 Å². The van der Waals surface area contributed by atoms with E-state index in [1.165, 1.54) is 0 Å². The number of hydrogen-bond acceptors (Lipinski definition) is 4. The summed E-state index contributed by atoms with van der Waals surface area (Å²) in [5.41, 5.74) is 7.80. The smallest absolute Gasteiger partial charge is 0.249 e. The van der Waals surface area contributed by atoms with E-state index < -0.39 is 5.91 Å². The number of carbonyl (C=O) groups is 2. The summed E-state index contributed by atoms with van der Waals surface area (Å²) >= 11 is 0. The molecule has 0 fully saturated rings. The van der Waals surface area contributed by atoms with Crippen molar-refractivity contribution in [3.63, 3.8) is 0 Å². The van der Waals surface area contributed by atoms with Crippen molar-refractivity contribution in [2.45, 2.75) is 32.6 Å². The molecule has 0 aliphatic carbocycles. The number of hydrogen-bond donors (Lipinski definition) is 1. The number of nitrogens with two attached hydrogens (primary N) is 1. The summed E-state index contributed by atoms with van der Waals surface area (Å²) in [6.07, 6.45) is 7.54. The highest BCUT2D eigenvalue weighted by Crippen LogP contribution is 2.17. The number of amides is 1. The van der Waals surface area contributed by atoms with Gasteiger partial charge in [-0.05, 0) is 36.6 Å². The number of aromatic nitrogens is 2. The number of unbranched alkanes of at least 4 members (excludes halogenated alkanes) is 1. The summed E-state index contributed by atoms with van der Waals surface area (Å²) in [5, 5.41) is 0. The summed E-state index contributed by atoms with van der Waals surface area (Å²) in [7, 11) is 0. The highest BCUT2D eigenvalue weighted by Gasteiger charge is 2.17. The van der Waals surface area contributed by atoms with Gasteiger partial charge in [0.1, 0.15) is 0 Å². The third kappa shape index (κ3) is 3.75. The Labute approximate surface area is 129 Å². The van der Waals surface area contributed by atoms with Crippen LogP contribution >= 0.6 is 0 Å². The first-order valence-corrected chi connectivity index (χ1v) is 7.33. The van der Waals surface area contributed by atoms with Gasteiger partial charge in [-0.2, -0.15) is 0 Å². The predicted octanol–water partition coefficient (Wildman–Crippen LogP) is 2.34. The van der Waals surface area contributed by atoms with Crippen molar-refractivity contribution >= 4 is 11.7 Å². The Morgan fingerprint density at radius 1 is 1.14 bits per heavy atom. The zero-order valence-corrected chi connectivity index (χ0v) is 12.6. The Bertz CT molecular complexity index is 669. The SMILES string of the molecule is CCCCc1nccc(C(N)=O)c1CC(=O)c1ccncc1. The van der Waals surface area contributed by atoms with E-state index in [0.29, 0.717) is 16.7 Å². The summed E-state index contributed by atoms with van der Waals surface area (Å²) in [4.78, 5) is 32.3. The number of aryl methyl sites for hydroxylation is 1. The van der Waals surface area contributed by atoms with Crippen LogP contribution in [-0.4, -0.2) is 21.7 Å². The van der Waals surface area contributed by atoms with Gasteiger partial charge >= 0.3 is 0 Å². The molecule has 2 aromatic heterocycles. The lowest BCUT2D eigenvalue weighted by molar-refractivity contribution is 0.0990. The van der Waals surface area contributed by atoms with E-state index in [1.54, 1.807) is 36.8 Å². The maximum absolute atomic E-state index is 12.4. The number of primary amides is 1. The lowest BCUT2D eigenvalue weighted by Crippen LogP contribution is -2.18. The van der Waals surface area contributed by atoms with Gasteiger partial charge < -0.3 is 5.73 Å². The molecule has 0 atom stereocenters. The Hall–Kier alpha value is -2.56. The summed E-state index contributed by atoms with van der Waals surface area (Å²) in [6.45, 7) is 2.08. The molecular weight excluding hydrogens is 278 g/mol. The van der Waals surface area contributed by atoms with Crippen LogP contribution in [0.3, 0.4) is 0 Å². The zero-order chi connectivity index (χ0) is 15.9. The van der Waals surface area contributed by atoms with E-state index in [-0.39, 0.29) is 12.2 Å². The molecule has 2 rings (SSSR count). The van der Waals surface area contributed by atoms with Crippen LogP contribution in [0.4, 0.5) is 0 Å². The minimum absolute atomic E-state index is 0.0735. The first-order valence-electron chi connectivity index (χ1n) is 7.33. The zero-order valence-electron chi connectivity index (χ0n) is 12.6. The molecule has 0 bridgehead atoms. The van der Waals surface area contributed by atoms with Gasteiger partial charge in [0.05, 0.1) is 0 Å². The molecule has 1 amide bonds. The Balaban J connectivity index is 2.34. The van der Waals surface area contributed by atoms with Crippen LogP contribution in [0.2, 0.25) is 0 Å². The second kappa shape index (κ2) is 7.45. The van der Waals surface area contributed by atoms with Crippen molar-refractivity contribution in [3.8, 4) is 0 Å². The van der Waals surface area contributed by atoms with Gasteiger partial charge in [0, 0.05) is 41.8 Å². The fraction of sp³-hybridized carbons (Fsp3) is 0.294. The van der Waals surface area contributed by atoms with Gasteiger partial charge in [0.25, 0.3) is 0 Å². The normalized spacial score (nSPS) is 10.4. The fourth-order valence-corrected chi connectivity index (χ4v) is 2.32. The van der Waals surface area contributed by atoms with E-state index >= 15 is 0 Å². The second-order valence-corrected chi connectivity index (χ2v) is 5.09. The average Bonchev–Trinajstić information content (AvgIpc) is 2.54. The van der Waals surface area contributed by atoms with Crippen LogP contribution in [0.1, 0.15) is 51.7 Å². The van der Waals surface area contributed by atoms with Crippen molar-refractivity contribution in [1.29, 1.82) is 0 Å². The van der Waals surface area contributed by atoms with Crippen LogP contribution < -0.4 is 5.73 Å². The van der Waals surface area contributed by atoms with Crippen molar-refractivity contribution in [3.05, 3.63) is 59.2 Å². The molecule has 0 radical (unpaired) electrons. The molecule has 0 spiro atoms. The topological polar surface area (TPSA) is 85.9 Å². The molecule has 0 aliphatic heterocycles. The highest BCUT2D eigenvalue weighted by molar-refractivity contribution is 6.01. The van der Waals surface area contributed by atoms with Gasteiger partial charge in [0.2, 0.25) is 5.91 Å². The van der Waals surface area contributed by atoms with Gasteiger partial charge in [-0.1, -0.05) is 13.3 Å². The molecular formula is C17H19N3O2. The number of pyridine rings is 2. The van der Waals surface area contributed by atoms with Gasteiger partial charge in [-0.15, -0.1) is 0 Å². The molecule has 0 aliphatic rings. The van der Waals surface area contributed by atoms with E-state index in [2.05, 4.69) is 16.9 Å². The predicted molar refractivity (Wildman–Crippen MR) is 83.6 cm³/mol. The monoisotopic (exact) mass is 297 g/mol. The van der Waals surface area contributed by atoms with E-state index in [1.807, 2.05) is 0 Å². The molecule has 0 saturated heterocycles. The average molecular weight is 297 g/mol. The van der Waals surface area contributed by atoms with E-state index in [4.69, 9.17) is 5.73 Å². The van der Waals surface area contributed by atoms with Gasteiger partial charge in [-0.25, -0.2) is 0 Å². The molecule has 5 nitrogen and oxygen atoms in total. The molecule has 5 heteroatoms. The highest BCUT2D eigenvalue weighted by atomic mass is 16.1. The van der Waals surface area contributed by atoms with Crippen LogP contribution in [0, 0.1) is 0 Å². The minimum Gasteiger partial charge on any atom is -0.366 e. The number of ketones is 1. The van der Waals surface area contributed by atoms with Crippen LogP contribution in [0.15, 0.2) is 36.8 Å². The number of Topliss-reactive ketones (excluding diaryl/α,β-unsaturated/α-hetero) is 1. The largest absolute Gasteiger partial charge is 0.366 e. The molecule has 0 saturated carbocycles. The van der Waals surface area contributed by atoms with Gasteiger partial charge in [-0.3, -0.25) is 19.6 Å². The molecule has 2 aromatic rings. The summed E-state index contributed by atoms with van der Waals surface area (Å²) < 4.78 is 0. The van der Waals surface area contributed by atoms with E-state index in [0.717, 1.165) is 25.0 Å². The third-order valence-corrected chi connectivity index (χ3v) is 3.52. The standard InChI is InChI=1S/C17H19N3O2/c1-2-3-4-15-14(13(17(18)22)7-10-20-15)11-16(21)12-5-8-19-9-6-12/h5-10H,2-4,11H2,1H3,(H2,18,22). The van der Waals surface area contributed by atoms with Gasteiger partial charge in [0.15, 0.2) is 5.78 Å². The number of nitrogens with zero attached hydrogens (tertiary/aromatic N) is 2. The summed E-state index contributed by atoms with van der Waals surface area (Å²) in [5.74, 6) is -0.603. The number of carbonyl (C=O) groups excluding carboxylic acids is 2. The van der Waals surface area contributed by atoms with Crippen molar-refractivity contribution in [2.24, 2.45) is 5.73 Å².